The van der Waals surface area contributed by atoms with Crippen LogP contribution in [0, 0.1) is 0 Å². The highest BCUT2D eigenvalue weighted by Crippen LogP contribution is 2.31. The van der Waals surface area contributed by atoms with Crippen molar-refractivity contribution >= 4 is 0 Å². The monoisotopic (exact) mass is 275 g/mol. The maximum Gasteiger partial charge on any atom is 0.261 e. The van der Waals surface area contributed by atoms with Crippen molar-refractivity contribution in [1.82, 2.24) is 10.1 Å². The zero-order chi connectivity index (χ0) is 13.7. The molecule has 0 atom stereocenters. The SMILES string of the molecule is NC1CCC(c2nc(CCOCC(F)F)no2)CC1. The van der Waals surface area contributed by atoms with E-state index < -0.39 is 13.0 Å². The first-order valence-corrected chi connectivity index (χ1v) is 6.59. The minimum atomic E-state index is -2.44. The van der Waals surface area contributed by atoms with Crippen LogP contribution in [0.25, 0.3) is 0 Å². The van der Waals surface area contributed by atoms with Crippen molar-refractivity contribution in [3.63, 3.8) is 0 Å². The van der Waals surface area contributed by atoms with Gasteiger partial charge in [0, 0.05) is 18.4 Å². The maximum atomic E-state index is 11.9. The molecule has 1 saturated carbocycles. The van der Waals surface area contributed by atoms with Crippen LogP contribution in [0.2, 0.25) is 0 Å². The van der Waals surface area contributed by atoms with E-state index in [1.165, 1.54) is 0 Å². The van der Waals surface area contributed by atoms with Gasteiger partial charge >= 0.3 is 0 Å². The molecular weight excluding hydrogens is 256 g/mol. The number of aromatic nitrogens is 2. The Bertz CT molecular complexity index is 379. The van der Waals surface area contributed by atoms with Gasteiger partial charge in [0.05, 0.1) is 6.61 Å². The summed E-state index contributed by atoms with van der Waals surface area (Å²) in [4.78, 5) is 4.29. The van der Waals surface area contributed by atoms with Crippen molar-refractivity contribution in [3.8, 4) is 0 Å². The van der Waals surface area contributed by atoms with Gasteiger partial charge in [-0.25, -0.2) is 8.78 Å². The Kier molecular flexibility index (Phi) is 5.21. The number of rotatable bonds is 6. The van der Waals surface area contributed by atoms with Crippen molar-refractivity contribution in [3.05, 3.63) is 11.7 Å². The van der Waals surface area contributed by atoms with Gasteiger partial charge in [0.1, 0.15) is 6.61 Å². The quantitative estimate of drug-likeness (QED) is 0.802. The molecule has 2 rings (SSSR count). The zero-order valence-corrected chi connectivity index (χ0v) is 10.7. The van der Waals surface area contributed by atoms with Gasteiger partial charge in [-0.3, -0.25) is 0 Å². The second-order valence-electron chi connectivity index (χ2n) is 4.88. The Labute approximate surface area is 110 Å². The number of hydrogen-bond donors (Lipinski definition) is 1. The lowest BCUT2D eigenvalue weighted by atomic mass is 9.86. The van der Waals surface area contributed by atoms with Gasteiger partial charge in [0.2, 0.25) is 5.89 Å². The third kappa shape index (κ3) is 4.50. The molecule has 5 nitrogen and oxygen atoms in total. The molecule has 108 valence electrons. The fourth-order valence-electron chi connectivity index (χ4n) is 2.24. The topological polar surface area (TPSA) is 74.2 Å². The highest BCUT2D eigenvalue weighted by molar-refractivity contribution is 4.97. The summed E-state index contributed by atoms with van der Waals surface area (Å²) < 4.78 is 33.7. The van der Waals surface area contributed by atoms with E-state index in [1.807, 2.05) is 0 Å². The van der Waals surface area contributed by atoms with Crippen LogP contribution in [0.15, 0.2) is 4.52 Å². The molecule has 1 aliphatic rings. The molecule has 1 fully saturated rings. The Morgan fingerprint density at radius 3 is 2.74 bits per heavy atom. The van der Waals surface area contributed by atoms with E-state index in [0.29, 0.717) is 18.1 Å². The lowest BCUT2D eigenvalue weighted by Crippen LogP contribution is -2.25. The highest BCUT2D eigenvalue weighted by Gasteiger charge is 2.24. The summed E-state index contributed by atoms with van der Waals surface area (Å²) in [5, 5.41) is 3.84. The van der Waals surface area contributed by atoms with E-state index in [1.54, 1.807) is 0 Å². The molecule has 0 unspecified atom stereocenters. The summed E-state index contributed by atoms with van der Waals surface area (Å²) in [6, 6.07) is 0.279. The summed E-state index contributed by atoms with van der Waals surface area (Å²) in [6.07, 6.45) is 1.82. The molecule has 0 bridgehead atoms. The molecule has 0 radical (unpaired) electrons. The van der Waals surface area contributed by atoms with Gasteiger partial charge in [0.15, 0.2) is 5.82 Å². The van der Waals surface area contributed by atoms with Gasteiger partial charge in [-0.15, -0.1) is 0 Å². The molecule has 19 heavy (non-hydrogen) atoms. The van der Waals surface area contributed by atoms with E-state index in [0.717, 1.165) is 25.7 Å². The van der Waals surface area contributed by atoms with E-state index in [2.05, 4.69) is 10.1 Å². The number of halogens is 2. The first-order chi connectivity index (χ1) is 9.15. The van der Waals surface area contributed by atoms with Crippen molar-refractivity contribution in [2.45, 2.75) is 50.5 Å². The summed E-state index contributed by atoms with van der Waals surface area (Å²) >= 11 is 0. The lowest BCUT2D eigenvalue weighted by molar-refractivity contribution is 0.0182. The minimum Gasteiger partial charge on any atom is -0.375 e. The first kappa shape index (κ1) is 14.3. The summed E-state index contributed by atoms with van der Waals surface area (Å²) in [5.41, 5.74) is 5.84. The number of hydrogen-bond acceptors (Lipinski definition) is 5. The number of ether oxygens (including phenoxy) is 1. The fourth-order valence-corrected chi connectivity index (χ4v) is 2.24. The van der Waals surface area contributed by atoms with Crippen LogP contribution < -0.4 is 5.73 Å². The summed E-state index contributed by atoms with van der Waals surface area (Å²) in [6.45, 7) is -0.371. The Balaban J connectivity index is 1.75. The normalized spacial score (nSPS) is 24.0. The standard InChI is InChI=1S/C12H19F2N3O2/c13-10(14)7-18-6-5-11-16-12(19-17-11)8-1-3-9(15)4-2-8/h8-10H,1-7,15H2. The smallest absolute Gasteiger partial charge is 0.261 e. The van der Waals surface area contributed by atoms with Crippen LogP contribution in [-0.4, -0.2) is 35.8 Å². The molecule has 2 N–H and O–H groups in total. The molecule has 0 aliphatic heterocycles. The van der Waals surface area contributed by atoms with Crippen molar-refractivity contribution in [2.75, 3.05) is 13.2 Å². The summed E-state index contributed by atoms with van der Waals surface area (Å²) in [5.74, 6) is 1.43. The largest absolute Gasteiger partial charge is 0.375 e. The van der Waals surface area contributed by atoms with E-state index in [4.69, 9.17) is 15.0 Å². The maximum absolute atomic E-state index is 11.9. The van der Waals surface area contributed by atoms with E-state index >= 15 is 0 Å². The van der Waals surface area contributed by atoms with Crippen molar-refractivity contribution in [1.29, 1.82) is 0 Å². The molecule has 0 aromatic carbocycles. The molecule has 1 heterocycles. The van der Waals surface area contributed by atoms with Crippen LogP contribution in [0.1, 0.15) is 43.3 Å². The molecule has 0 amide bonds. The van der Waals surface area contributed by atoms with Crippen LogP contribution in [0.5, 0.6) is 0 Å². The third-order valence-electron chi connectivity index (χ3n) is 3.32. The van der Waals surface area contributed by atoms with Gasteiger partial charge in [-0.05, 0) is 25.7 Å². The van der Waals surface area contributed by atoms with E-state index in [-0.39, 0.29) is 18.6 Å². The minimum absolute atomic E-state index is 0.179. The Morgan fingerprint density at radius 2 is 2.05 bits per heavy atom. The Hall–Kier alpha value is -1.08. The Morgan fingerprint density at radius 1 is 1.32 bits per heavy atom. The predicted octanol–water partition coefficient (Wildman–Crippen LogP) is 1.88. The second kappa shape index (κ2) is 6.91. The molecule has 7 heteroatoms. The van der Waals surface area contributed by atoms with Crippen molar-refractivity contribution < 1.29 is 18.0 Å². The average Bonchev–Trinajstić information content (AvgIpc) is 2.84. The van der Waals surface area contributed by atoms with Gasteiger partial charge in [0.25, 0.3) is 6.43 Å². The molecule has 1 aromatic rings. The molecule has 1 aromatic heterocycles. The van der Waals surface area contributed by atoms with Crippen LogP contribution in [0.3, 0.4) is 0 Å². The molecule has 0 saturated heterocycles. The first-order valence-electron chi connectivity index (χ1n) is 6.59. The second-order valence-corrected chi connectivity index (χ2v) is 4.88. The van der Waals surface area contributed by atoms with Gasteiger partial charge in [-0.1, -0.05) is 5.16 Å². The third-order valence-corrected chi connectivity index (χ3v) is 3.32. The fraction of sp³-hybridized carbons (Fsp3) is 0.833. The number of nitrogens with two attached hydrogens (primary N) is 1. The lowest BCUT2D eigenvalue weighted by Gasteiger charge is -2.22. The molecular formula is C12H19F2N3O2. The molecule has 1 aliphatic carbocycles. The van der Waals surface area contributed by atoms with Crippen LogP contribution in [-0.2, 0) is 11.2 Å². The van der Waals surface area contributed by atoms with Crippen LogP contribution in [0.4, 0.5) is 8.78 Å². The number of alkyl halides is 2. The zero-order valence-electron chi connectivity index (χ0n) is 10.7. The summed E-state index contributed by atoms with van der Waals surface area (Å²) in [7, 11) is 0. The molecule has 0 spiro atoms. The average molecular weight is 275 g/mol. The highest BCUT2D eigenvalue weighted by atomic mass is 19.3. The van der Waals surface area contributed by atoms with Crippen molar-refractivity contribution in [2.24, 2.45) is 5.73 Å². The predicted molar refractivity (Wildman–Crippen MR) is 64.0 cm³/mol. The van der Waals surface area contributed by atoms with Crippen LogP contribution >= 0.6 is 0 Å². The number of nitrogens with zero attached hydrogens (tertiary/aromatic N) is 2. The van der Waals surface area contributed by atoms with Gasteiger partial charge in [-0.2, -0.15) is 4.98 Å². The van der Waals surface area contributed by atoms with E-state index in [9.17, 15) is 8.78 Å². The van der Waals surface area contributed by atoms with Gasteiger partial charge < -0.3 is 15.0 Å².